The van der Waals surface area contributed by atoms with E-state index in [-0.39, 0.29) is 22.8 Å². The summed E-state index contributed by atoms with van der Waals surface area (Å²) in [6, 6.07) is 9.40. The topological polar surface area (TPSA) is 21.5 Å². The Morgan fingerprint density at radius 1 is 0.829 bits per heavy atom. The van der Waals surface area contributed by atoms with Crippen molar-refractivity contribution in [2.75, 3.05) is 20.3 Å². The van der Waals surface area contributed by atoms with Crippen LogP contribution < -0.4 is 26.5 Å². The highest BCUT2D eigenvalue weighted by atomic mass is 79.9. The minimum absolute atomic E-state index is 0. The van der Waals surface area contributed by atoms with Crippen molar-refractivity contribution in [3.63, 3.8) is 0 Å². The van der Waals surface area contributed by atoms with Gasteiger partial charge in [-0.05, 0) is 47.0 Å². The third-order valence-electron chi connectivity index (χ3n) is 8.15. The minimum Gasteiger partial charge on any atom is -1.00 e. The zero-order valence-corrected chi connectivity index (χ0v) is 28.9. The third-order valence-corrected chi connectivity index (χ3v) is 8.74. The molecule has 230 valence electrons. The number of halogens is 3. The number of unbranched alkanes of at least 4 members (excludes halogenated alkanes) is 12. The molecule has 0 aromatic heterocycles. The Bertz CT molecular complexity index is 1070. The molecule has 0 spiro atoms. The summed E-state index contributed by atoms with van der Waals surface area (Å²) in [5.41, 5.74) is 4.54. The average Bonchev–Trinajstić information content (AvgIpc) is 2.95. The summed E-state index contributed by atoms with van der Waals surface area (Å²) < 4.78 is 30.3. The second-order valence-electron chi connectivity index (χ2n) is 11.3. The Morgan fingerprint density at radius 3 is 2.07 bits per heavy atom. The van der Waals surface area contributed by atoms with Gasteiger partial charge in [-0.3, -0.25) is 0 Å². The molecule has 0 radical (unpaired) electrons. The fourth-order valence-electron chi connectivity index (χ4n) is 5.83. The molecule has 0 amide bonds. The van der Waals surface area contributed by atoms with E-state index in [1.807, 2.05) is 12.1 Å². The van der Waals surface area contributed by atoms with Crippen molar-refractivity contribution in [3.8, 4) is 11.5 Å². The van der Waals surface area contributed by atoms with Gasteiger partial charge in [-0.1, -0.05) is 103 Å². The maximum Gasteiger partial charge on any atom is 0.184 e. The first-order chi connectivity index (χ1) is 19.6. The molecule has 1 heterocycles. The molecule has 0 bridgehead atoms. The standard InChI is InChI=1S/C35H52BrFNO2.BrH/c1-4-6-8-10-11-12-13-14-16-22-33-30-26-31(36)35(39-3)34(40-25-19-15-9-7-5-2)29(30)23-24-38(33)27-28-20-17-18-21-32(28)37;/h17-18,20-21,26H,4-16,19,22-25,27H2,1-3H3;1H/q+1;/p-1. The highest BCUT2D eigenvalue weighted by molar-refractivity contribution is 9.10. The maximum absolute atomic E-state index is 14.7. The highest BCUT2D eigenvalue weighted by Gasteiger charge is 2.31. The monoisotopic (exact) mass is 695 g/mol. The minimum atomic E-state index is -0.126. The second-order valence-corrected chi connectivity index (χ2v) is 12.2. The van der Waals surface area contributed by atoms with Gasteiger partial charge < -0.3 is 26.5 Å². The van der Waals surface area contributed by atoms with Crippen molar-refractivity contribution in [2.24, 2.45) is 0 Å². The molecular weight excluding hydrogens is 645 g/mol. The summed E-state index contributed by atoms with van der Waals surface area (Å²) in [4.78, 5) is 0. The van der Waals surface area contributed by atoms with E-state index in [0.717, 1.165) is 53.8 Å². The van der Waals surface area contributed by atoms with E-state index in [0.29, 0.717) is 13.2 Å². The number of benzene rings is 2. The lowest BCUT2D eigenvalue weighted by molar-refractivity contribution is -0.546. The second kappa shape index (κ2) is 20.5. The van der Waals surface area contributed by atoms with Crippen LogP contribution in [0.3, 0.4) is 0 Å². The van der Waals surface area contributed by atoms with E-state index in [9.17, 15) is 4.39 Å². The van der Waals surface area contributed by atoms with Crippen LogP contribution in [-0.2, 0) is 13.0 Å². The molecule has 3 nitrogen and oxygen atoms in total. The van der Waals surface area contributed by atoms with E-state index in [2.05, 4.69) is 40.4 Å². The summed E-state index contributed by atoms with van der Waals surface area (Å²) in [6.45, 7) is 6.67. The SMILES string of the molecule is CCCCCCCCCCCC1=[N+](Cc2ccccc2F)CCc2c1cc(Br)c(OC)c2OCCCCCCC.[Br-]. The third kappa shape index (κ3) is 11.3. The van der Waals surface area contributed by atoms with E-state index >= 15 is 0 Å². The molecule has 0 aliphatic carbocycles. The summed E-state index contributed by atoms with van der Waals surface area (Å²) >= 11 is 3.79. The first-order valence-electron chi connectivity index (χ1n) is 16.0. The van der Waals surface area contributed by atoms with Crippen molar-refractivity contribution >= 4 is 21.6 Å². The van der Waals surface area contributed by atoms with Gasteiger partial charge in [0.05, 0.1) is 23.8 Å². The fourth-order valence-corrected chi connectivity index (χ4v) is 6.40. The first-order valence-corrected chi connectivity index (χ1v) is 16.8. The predicted molar refractivity (Wildman–Crippen MR) is 170 cm³/mol. The molecule has 0 N–H and O–H groups in total. The van der Waals surface area contributed by atoms with Gasteiger partial charge in [0, 0.05) is 24.0 Å². The van der Waals surface area contributed by atoms with E-state index < -0.39 is 0 Å². The molecule has 0 saturated carbocycles. The van der Waals surface area contributed by atoms with Gasteiger partial charge in [0.15, 0.2) is 23.8 Å². The predicted octanol–water partition coefficient (Wildman–Crippen LogP) is 7.43. The van der Waals surface area contributed by atoms with Crippen LogP contribution >= 0.6 is 15.9 Å². The van der Waals surface area contributed by atoms with Crippen LogP contribution in [0, 0.1) is 5.82 Å². The van der Waals surface area contributed by atoms with Gasteiger partial charge in [0.1, 0.15) is 12.4 Å². The maximum atomic E-state index is 14.7. The van der Waals surface area contributed by atoms with Crippen molar-refractivity contribution in [3.05, 3.63) is 57.3 Å². The van der Waals surface area contributed by atoms with Gasteiger partial charge in [-0.2, -0.15) is 0 Å². The lowest BCUT2D eigenvalue weighted by atomic mass is 9.91. The number of rotatable bonds is 20. The molecule has 0 unspecified atom stereocenters. The Hall–Kier alpha value is -1.40. The number of ether oxygens (including phenoxy) is 2. The fraction of sp³-hybridized carbons (Fsp3) is 0.629. The summed E-state index contributed by atoms with van der Waals surface area (Å²) in [7, 11) is 1.72. The van der Waals surface area contributed by atoms with Gasteiger partial charge in [0.25, 0.3) is 0 Å². The molecule has 3 rings (SSSR count). The zero-order valence-electron chi connectivity index (χ0n) is 25.7. The molecule has 2 aromatic carbocycles. The molecule has 1 aliphatic heterocycles. The van der Waals surface area contributed by atoms with Crippen molar-refractivity contribution < 1.29 is 35.4 Å². The normalized spacial score (nSPS) is 12.7. The van der Waals surface area contributed by atoms with Crippen LogP contribution in [-0.4, -0.2) is 30.5 Å². The molecule has 2 aromatic rings. The Morgan fingerprint density at radius 2 is 1.44 bits per heavy atom. The Labute approximate surface area is 268 Å². The number of fused-ring (bicyclic) bond motifs is 1. The van der Waals surface area contributed by atoms with Crippen molar-refractivity contribution in [1.82, 2.24) is 0 Å². The van der Waals surface area contributed by atoms with Gasteiger partial charge in [-0.25, -0.2) is 8.97 Å². The molecular formula is C35H52Br2FNO2. The van der Waals surface area contributed by atoms with Crippen LogP contribution in [0.1, 0.15) is 127 Å². The summed E-state index contributed by atoms with van der Waals surface area (Å²) in [6.07, 6.45) is 19.6. The number of methoxy groups -OCH3 is 1. The van der Waals surface area contributed by atoms with Crippen LogP contribution in [0.2, 0.25) is 0 Å². The lowest BCUT2D eigenvalue weighted by Gasteiger charge is -2.24. The van der Waals surface area contributed by atoms with Gasteiger partial charge in [0.2, 0.25) is 0 Å². The van der Waals surface area contributed by atoms with Crippen LogP contribution in [0.5, 0.6) is 11.5 Å². The molecule has 0 saturated heterocycles. The quantitative estimate of drug-likeness (QED) is 0.106. The van der Waals surface area contributed by atoms with E-state index in [4.69, 9.17) is 9.47 Å². The van der Waals surface area contributed by atoms with Crippen LogP contribution in [0.15, 0.2) is 34.8 Å². The molecule has 6 heteroatoms. The molecule has 41 heavy (non-hydrogen) atoms. The van der Waals surface area contributed by atoms with Crippen molar-refractivity contribution in [2.45, 2.75) is 123 Å². The lowest BCUT2D eigenvalue weighted by Crippen LogP contribution is -3.00. The summed E-state index contributed by atoms with van der Waals surface area (Å²) in [5, 5.41) is 0. The molecule has 0 fully saturated rings. The molecule has 0 atom stereocenters. The van der Waals surface area contributed by atoms with Crippen molar-refractivity contribution in [1.29, 1.82) is 0 Å². The summed E-state index contributed by atoms with van der Waals surface area (Å²) in [5.74, 6) is 1.55. The highest BCUT2D eigenvalue weighted by Crippen LogP contribution is 2.42. The largest absolute Gasteiger partial charge is 1.00 e. The van der Waals surface area contributed by atoms with Crippen LogP contribution in [0.4, 0.5) is 4.39 Å². The van der Waals surface area contributed by atoms with E-state index in [1.165, 1.54) is 93.9 Å². The Kier molecular flexibility index (Phi) is 17.9. The number of hydrogen-bond donors (Lipinski definition) is 0. The van der Waals surface area contributed by atoms with Gasteiger partial charge in [-0.15, -0.1) is 0 Å². The number of nitrogens with zero attached hydrogens (tertiary/aromatic N) is 1. The number of hydrogen-bond acceptors (Lipinski definition) is 2. The average molecular weight is 698 g/mol. The Balaban J connectivity index is 0.00000588. The van der Waals surface area contributed by atoms with E-state index in [1.54, 1.807) is 19.2 Å². The smallest absolute Gasteiger partial charge is 0.184 e. The van der Waals surface area contributed by atoms with Gasteiger partial charge >= 0.3 is 0 Å². The van der Waals surface area contributed by atoms with Crippen LogP contribution in [0.25, 0.3) is 0 Å². The zero-order chi connectivity index (χ0) is 28.6. The first kappa shape index (κ1) is 35.8. The molecule has 1 aliphatic rings.